The lowest BCUT2D eigenvalue weighted by atomic mass is 10.1. The van der Waals surface area contributed by atoms with Crippen LogP contribution in [0.15, 0.2) is 59.2 Å². The van der Waals surface area contributed by atoms with Crippen LogP contribution >= 0.6 is 0 Å². The van der Waals surface area contributed by atoms with Gasteiger partial charge in [-0.25, -0.2) is 13.1 Å². The summed E-state index contributed by atoms with van der Waals surface area (Å²) < 4.78 is 30.5. The maximum atomic E-state index is 12.4. The molecule has 0 aliphatic carbocycles. The number of carbonyl (C=O) groups is 1. The van der Waals surface area contributed by atoms with E-state index in [1.807, 2.05) is 30.3 Å². The average molecular weight is 371 g/mol. The van der Waals surface area contributed by atoms with Crippen LogP contribution in [-0.2, 0) is 9.84 Å². The summed E-state index contributed by atoms with van der Waals surface area (Å²) in [5.41, 5.74) is 1.56. The van der Waals surface area contributed by atoms with Crippen LogP contribution in [0.4, 0.5) is 5.82 Å². The summed E-state index contributed by atoms with van der Waals surface area (Å²) in [6.45, 7) is 0. The molecule has 1 N–H and O–H groups in total. The summed E-state index contributed by atoms with van der Waals surface area (Å²) in [4.78, 5) is 12.4. The van der Waals surface area contributed by atoms with Gasteiger partial charge in [-0.05, 0) is 18.6 Å². The van der Waals surface area contributed by atoms with Crippen LogP contribution < -0.4 is 5.32 Å². The van der Waals surface area contributed by atoms with Crippen LogP contribution in [0, 0.1) is 0 Å². The van der Waals surface area contributed by atoms with Crippen LogP contribution in [0.3, 0.4) is 0 Å². The molecule has 134 valence electrons. The number of hydrogen-bond acceptors (Lipinski definition) is 5. The van der Waals surface area contributed by atoms with Gasteiger partial charge in [-0.3, -0.25) is 4.79 Å². The number of rotatable bonds is 4. The molecule has 1 atom stereocenters. The van der Waals surface area contributed by atoms with Crippen molar-refractivity contribution >= 4 is 21.6 Å². The van der Waals surface area contributed by atoms with Gasteiger partial charge >= 0.3 is 0 Å². The SMILES string of the molecule is O=C(Nc1cc(-c2ccccc2)nn1[C@@H]1CCS(=O)(=O)C1)c1ccco1. The number of benzene rings is 1. The first-order valence-electron chi connectivity index (χ1n) is 8.22. The van der Waals surface area contributed by atoms with Crippen molar-refractivity contribution in [1.29, 1.82) is 0 Å². The highest BCUT2D eigenvalue weighted by molar-refractivity contribution is 7.91. The summed E-state index contributed by atoms with van der Waals surface area (Å²) in [6.07, 6.45) is 1.90. The standard InChI is InChI=1S/C18H17N3O4S/c22-18(16-7-4-9-25-16)19-17-11-15(13-5-2-1-3-6-13)20-21(17)14-8-10-26(23,24)12-14/h1-7,9,11,14H,8,10,12H2,(H,19,22)/t14-/m1/s1. The minimum atomic E-state index is -3.08. The second-order valence-corrected chi connectivity index (χ2v) is 8.44. The highest BCUT2D eigenvalue weighted by Gasteiger charge is 2.32. The molecule has 26 heavy (non-hydrogen) atoms. The number of amides is 1. The normalized spacial score (nSPS) is 18.7. The van der Waals surface area contributed by atoms with Crippen molar-refractivity contribution in [1.82, 2.24) is 9.78 Å². The maximum Gasteiger partial charge on any atom is 0.292 e. The zero-order valence-electron chi connectivity index (χ0n) is 13.8. The molecule has 1 aromatic carbocycles. The molecule has 0 spiro atoms. The fraction of sp³-hybridized carbons (Fsp3) is 0.222. The largest absolute Gasteiger partial charge is 0.459 e. The van der Waals surface area contributed by atoms with Crippen molar-refractivity contribution in [3.63, 3.8) is 0 Å². The number of nitrogens with zero attached hydrogens (tertiary/aromatic N) is 2. The van der Waals surface area contributed by atoms with Gasteiger partial charge in [0.1, 0.15) is 5.82 Å². The Balaban J connectivity index is 1.71. The highest BCUT2D eigenvalue weighted by Crippen LogP contribution is 2.30. The zero-order chi connectivity index (χ0) is 18.1. The van der Waals surface area contributed by atoms with Gasteiger partial charge in [0.2, 0.25) is 0 Å². The Bertz CT molecular complexity index is 1020. The third-order valence-electron chi connectivity index (χ3n) is 4.35. The zero-order valence-corrected chi connectivity index (χ0v) is 14.6. The first-order chi connectivity index (χ1) is 12.5. The van der Waals surface area contributed by atoms with E-state index in [4.69, 9.17) is 4.42 Å². The predicted molar refractivity (Wildman–Crippen MR) is 96.6 cm³/mol. The summed E-state index contributed by atoms with van der Waals surface area (Å²) >= 11 is 0. The highest BCUT2D eigenvalue weighted by atomic mass is 32.2. The van der Waals surface area contributed by atoms with Crippen molar-refractivity contribution < 1.29 is 17.6 Å². The van der Waals surface area contributed by atoms with Gasteiger partial charge in [-0.1, -0.05) is 30.3 Å². The molecule has 0 radical (unpaired) electrons. The monoisotopic (exact) mass is 371 g/mol. The van der Waals surface area contributed by atoms with Gasteiger partial charge in [0.25, 0.3) is 5.91 Å². The number of sulfone groups is 1. The van der Waals surface area contributed by atoms with Crippen LogP contribution in [0.1, 0.15) is 23.0 Å². The molecule has 1 aliphatic rings. The van der Waals surface area contributed by atoms with Crippen molar-refractivity contribution in [2.75, 3.05) is 16.8 Å². The summed E-state index contributed by atoms with van der Waals surface area (Å²) in [5.74, 6) is 0.373. The molecule has 3 heterocycles. The molecule has 0 saturated carbocycles. The molecule has 1 fully saturated rings. The van der Waals surface area contributed by atoms with Crippen molar-refractivity contribution in [3.8, 4) is 11.3 Å². The second-order valence-electron chi connectivity index (χ2n) is 6.21. The Morgan fingerprint density at radius 3 is 2.65 bits per heavy atom. The fourth-order valence-electron chi connectivity index (χ4n) is 3.07. The smallest absolute Gasteiger partial charge is 0.292 e. The van der Waals surface area contributed by atoms with E-state index in [9.17, 15) is 13.2 Å². The molecule has 1 aliphatic heterocycles. The lowest BCUT2D eigenvalue weighted by molar-refractivity contribution is 0.0995. The molecular formula is C18H17N3O4S. The lowest BCUT2D eigenvalue weighted by Gasteiger charge is -2.13. The summed E-state index contributed by atoms with van der Waals surface area (Å²) in [5, 5.41) is 7.35. The molecule has 0 unspecified atom stereocenters. The van der Waals surface area contributed by atoms with E-state index in [-0.39, 0.29) is 23.3 Å². The molecule has 8 heteroatoms. The lowest BCUT2D eigenvalue weighted by Crippen LogP contribution is -2.19. The van der Waals surface area contributed by atoms with E-state index in [1.54, 1.807) is 22.9 Å². The molecule has 1 saturated heterocycles. The second kappa shape index (κ2) is 6.45. The van der Waals surface area contributed by atoms with Crippen molar-refractivity contribution in [2.24, 2.45) is 0 Å². The van der Waals surface area contributed by atoms with E-state index in [0.29, 0.717) is 17.9 Å². The topological polar surface area (TPSA) is 94.2 Å². The molecule has 3 aromatic rings. The third-order valence-corrected chi connectivity index (χ3v) is 6.10. The van der Waals surface area contributed by atoms with Crippen LogP contribution in [0.25, 0.3) is 11.3 Å². The average Bonchev–Trinajstić information content (AvgIpc) is 3.35. The number of carbonyl (C=O) groups excluding carboxylic acids is 1. The molecule has 1 amide bonds. The number of anilines is 1. The van der Waals surface area contributed by atoms with Crippen LogP contribution in [-0.4, -0.2) is 35.6 Å². The van der Waals surface area contributed by atoms with E-state index >= 15 is 0 Å². The van der Waals surface area contributed by atoms with Gasteiger partial charge in [0, 0.05) is 11.6 Å². The molecule has 7 nitrogen and oxygen atoms in total. The molecule has 4 rings (SSSR count). The number of hydrogen-bond donors (Lipinski definition) is 1. The van der Waals surface area contributed by atoms with E-state index in [1.165, 1.54) is 6.26 Å². The van der Waals surface area contributed by atoms with E-state index < -0.39 is 15.7 Å². The van der Waals surface area contributed by atoms with Crippen molar-refractivity contribution in [2.45, 2.75) is 12.5 Å². The van der Waals surface area contributed by atoms with Gasteiger partial charge in [0.15, 0.2) is 15.6 Å². The van der Waals surface area contributed by atoms with Gasteiger partial charge in [-0.15, -0.1) is 0 Å². The third kappa shape index (κ3) is 3.28. The maximum absolute atomic E-state index is 12.4. The Kier molecular flexibility index (Phi) is 4.12. The Morgan fingerprint density at radius 2 is 2.00 bits per heavy atom. The van der Waals surface area contributed by atoms with E-state index in [0.717, 1.165) is 5.56 Å². The first kappa shape index (κ1) is 16.6. The minimum Gasteiger partial charge on any atom is -0.459 e. The van der Waals surface area contributed by atoms with Crippen molar-refractivity contribution in [3.05, 3.63) is 60.6 Å². The first-order valence-corrected chi connectivity index (χ1v) is 10.0. The number of nitrogens with one attached hydrogen (secondary N) is 1. The predicted octanol–water partition coefficient (Wildman–Crippen LogP) is 2.76. The van der Waals surface area contributed by atoms with Crippen LogP contribution in [0.2, 0.25) is 0 Å². The van der Waals surface area contributed by atoms with Gasteiger partial charge < -0.3 is 9.73 Å². The summed E-state index contributed by atoms with van der Waals surface area (Å²) in [6, 6.07) is 14.2. The Morgan fingerprint density at radius 1 is 1.19 bits per heavy atom. The van der Waals surface area contributed by atoms with Crippen LogP contribution in [0.5, 0.6) is 0 Å². The van der Waals surface area contributed by atoms with E-state index in [2.05, 4.69) is 10.4 Å². The van der Waals surface area contributed by atoms with Gasteiger partial charge in [0.05, 0.1) is 29.5 Å². The Labute approximate surface area is 150 Å². The molecule has 0 bridgehead atoms. The summed E-state index contributed by atoms with van der Waals surface area (Å²) in [7, 11) is -3.08. The van der Waals surface area contributed by atoms with Gasteiger partial charge in [-0.2, -0.15) is 5.10 Å². The quantitative estimate of drug-likeness (QED) is 0.761. The molecular weight excluding hydrogens is 354 g/mol. The molecule has 2 aromatic heterocycles. The minimum absolute atomic E-state index is 0.0204. The number of furan rings is 1. The number of aromatic nitrogens is 2. The Hall–Kier alpha value is -2.87. The fourth-order valence-corrected chi connectivity index (χ4v) is 4.76.